The molecule has 132 valence electrons. The molecular formula is C23H30NO+. The molecule has 0 saturated carbocycles. The Morgan fingerprint density at radius 3 is 2.12 bits per heavy atom. The first-order valence-electron chi connectivity index (χ1n) is 9.68. The van der Waals surface area contributed by atoms with Gasteiger partial charge in [-0.2, -0.15) is 0 Å². The fourth-order valence-corrected chi connectivity index (χ4v) is 4.40. The maximum Gasteiger partial charge on any atom is 0.148 e. The molecule has 3 rings (SSSR count). The van der Waals surface area contributed by atoms with E-state index in [0.29, 0.717) is 12.2 Å². The highest BCUT2D eigenvalue weighted by Crippen LogP contribution is 2.33. The number of likely N-dealkylation sites (tertiary alicyclic amines) is 1. The van der Waals surface area contributed by atoms with Gasteiger partial charge >= 0.3 is 0 Å². The van der Waals surface area contributed by atoms with Crippen LogP contribution in [-0.4, -0.2) is 12.8 Å². The van der Waals surface area contributed by atoms with Crippen molar-refractivity contribution >= 4 is 5.78 Å². The van der Waals surface area contributed by atoms with E-state index in [-0.39, 0.29) is 18.0 Å². The zero-order chi connectivity index (χ0) is 17.6. The molecule has 2 aromatic rings. The lowest BCUT2D eigenvalue weighted by molar-refractivity contribution is -0.949. The molecule has 0 spiro atoms. The molecule has 25 heavy (non-hydrogen) atoms. The molecule has 0 aliphatic carbocycles. The van der Waals surface area contributed by atoms with E-state index in [1.165, 1.54) is 28.9 Å². The summed E-state index contributed by atoms with van der Waals surface area (Å²) >= 11 is 0. The number of hydrogen-bond acceptors (Lipinski definition) is 1. The van der Waals surface area contributed by atoms with Gasteiger partial charge in [-0.15, -0.1) is 0 Å². The van der Waals surface area contributed by atoms with Gasteiger partial charge < -0.3 is 4.90 Å². The fourth-order valence-electron chi connectivity index (χ4n) is 4.40. The Kier molecular flexibility index (Phi) is 6.04. The molecule has 2 aromatic carbocycles. The van der Waals surface area contributed by atoms with Gasteiger partial charge in [-0.25, -0.2) is 0 Å². The molecule has 2 nitrogen and oxygen atoms in total. The Balaban J connectivity index is 1.91. The highest BCUT2D eigenvalue weighted by molar-refractivity contribution is 5.83. The molecule has 1 unspecified atom stereocenters. The molecular weight excluding hydrogens is 306 g/mol. The van der Waals surface area contributed by atoms with Crippen LogP contribution in [0.25, 0.3) is 0 Å². The van der Waals surface area contributed by atoms with E-state index in [0.717, 1.165) is 12.8 Å². The van der Waals surface area contributed by atoms with E-state index >= 15 is 0 Å². The van der Waals surface area contributed by atoms with Gasteiger partial charge in [-0.3, -0.25) is 4.79 Å². The van der Waals surface area contributed by atoms with Crippen LogP contribution in [0.2, 0.25) is 0 Å². The van der Waals surface area contributed by atoms with Gasteiger partial charge in [0.15, 0.2) is 0 Å². The molecule has 1 N–H and O–H groups in total. The lowest BCUT2D eigenvalue weighted by Crippen LogP contribution is -3.11. The van der Waals surface area contributed by atoms with Crippen LogP contribution in [0.15, 0.2) is 60.7 Å². The summed E-state index contributed by atoms with van der Waals surface area (Å²) in [4.78, 5) is 14.5. The summed E-state index contributed by atoms with van der Waals surface area (Å²) in [5, 5.41) is 0. The number of nitrogens with one attached hydrogen (secondary N) is 1. The van der Waals surface area contributed by atoms with Gasteiger partial charge in [-0.05, 0) is 6.42 Å². The van der Waals surface area contributed by atoms with Crippen molar-refractivity contribution in [3.8, 4) is 0 Å². The summed E-state index contributed by atoms with van der Waals surface area (Å²) in [6.45, 7) is 2.22. The molecule has 1 fully saturated rings. The average molecular weight is 336 g/mol. The summed E-state index contributed by atoms with van der Waals surface area (Å²) in [6.07, 6.45) is 5.25. The van der Waals surface area contributed by atoms with Gasteiger partial charge in [-0.1, -0.05) is 86.8 Å². The van der Waals surface area contributed by atoms with Crippen LogP contribution < -0.4 is 4.90 Å². The van der Waals surface area contributed by atoms with E-state index in [1.807, 2.05) is 6.07 Å². The number of ketones is 1. The van der Waals surface area contributed by atoms with Crippen LogP contribution >= 0.6 is 0 Å². The third-order valence-electron chi connectivity index (χ3n) is 5.74. The van der Waals surface area contributed by atoms with Crippen LogP contribution in [-0.2, 0) is 4.79 Å². The maximum atomic E-state index is 13.1. The highest BCUT2D eigenvalue weighted by Gasteiger charge is 2.44. The predicted octanol–water partition coefficient (Wildman–Crippen LogP) is 4.15. The zero-order valence-electron chi connectivity index (χ0n) is 15.4. The molecule has 0 amide bonds. The van der Waals surface area contributed by atoms with Crippen molar-refractivity contribution in [2.75, 3.05) is 7.05 Å². The van der Waals surface area contributed by atoms with Crippen molar-refractivity contribution in [3.63, 3.8) is 0 Å². The van der Waals surface area contributed by atoms with E-state index < -0.39 is 0 Å². The van der Waals surface area contributed by atoms with Crippen molar-refractivity contribution in [2.24, 2.45) is 5.92 Å². The summed E-state index contributed by atoms with van der Waals surface area (Å²) in [5.74, 6) is 0.596. The molecule has 0 radical (unpaired) electrons. The van der Waals surface area contributed by atoms with Crippen molar-refractivity contribution < 1.29 is 9.69 Å². The van der Waals surface area contributed by atoms with Crippen LogP contribution in [0, 0.1) is 5.92 Å². The van der Waals surface area contributed by atoms with E-state index in [4.69, 9.17) is 0 Å². The number of carbonyl (C=O) groups is 1. The van der Waals surface area contributed by atoms with Gasteiger partial charge in [0.05, 0.1) is 19.4 Å². The van der Waals surface area contributed by atoms with Gasteiger partial charge in [0.1, 0.15) is 17.9 Å². The molecule has 1 heterocycles. The second-order valence-corrected chi connectivity index (χ2v) is 7.37. The molecule has 4 atom stereocenters. The Morgan fingerprint density at radius 2 is 1.52 bits per heavy atom. The summed E-state index contributed by atoms with van der Waals surface area (Å²) < 4.78 is 0. The molecule has 1 aliphatic rings. The van der Waals surface area contributed by atoms with Crippen molar-refractivity contribution in [1.82, 2.24) is 0 Å². The first kappa shape index (κ1) is 17.9. The normalized spacial score (nSPS) is 26.6. The van der Waals surface area contributed by atoms with E-state index in [2.05, 4.69) is 68.6 Å². The average Bonchev–Trinajstić information content (AvgIpc) is 2.66. The van der Waals surface area contributed by atoms with Crippen LogP contribution in [0.1, 0.15) is 62.2 Å². The number of quaternary nitrogens is 1. The number of carbonyl (C=O) groups excluding carboxylic acids is 1. The van der Waals surface area contributed by atoms with E-state index in [9.17, 15) is 4.79 Å². The number of rotatable bonds is 6. The third-order valence-corrected chi connectivity index (χ3v) is 5.74. The summed E-state index contributed by atoms with van der Waals surface area (Å²) in [7, 11) is 2.27. The lowest BCUT2D eigenvalue weighted by atomic mass is 9.77. The number of hydrogen-bond donors (Lipinski definition) is 1. The summed E-state index contributed by atoms with van der Waals surface area (Å²) in [6, 6.07) is 21.7. The maximum absolute atomic E-state index is 13.1. The molecule has 0 aromatic heterocycles. The van der Waals surface area contributed by atoms with Crippen molar-refractivity contribution in [3.05, 3.63) is 71.8 Å². The lowest BCUT2D eigenvalue weighted by Gasteiger charge is -2.41. The molecule has 0 bridgehead atoms. The summed E-state index contributed by atoms with van der Waals surface area (Å²) in [5.41, 5.74) is 2.58. The monoisotopic (exact) mass is 336 g/mol. The largest absolute Gasteiger partial charge is 0.324 e. The Bertz CT molecular complexity index is 667. The van der Waals surface area contributed by atoms with Crippen LogP contribution in [0.5, 0.6) is 0 Å². The minimum absolute atomic E-state index is 0.147. The van der Waals surface area contributed by atoms with Gasteiger partial charge in [0, 0.05) is 11.1 Å². The first-order valence-corrected chi connectivity index (χ1v) is 9.68. The van der Waals surface area contributed by atoms with Crippen LogP contribution in [0.3, 0.4) is 0 Å². The Morgan fingerprint density at radius 1 is 0.920 bits per heavy atom. The minimum atomic E-state index is 0.147. The van der Waals surface area contributed by atoms with Crippen LogP contribution in [0.4, 0.5) is 0 Å². The minimum Gasteiger partial charge on any atom is -0.324 e. The number of piperidine rings is 1. The van der Waals surface area contributed by atoms with E-state index in [1.54, 1.807) is 0 Å². The third kappa shape index (κ3) is 4.01. The van der Waals surface area contributed by atoms with Crippen molar-refractivity contribution in [1.29, 1.82) is 0 Å². The number of benzene rings is 2. The first-order chi connectivity index (χ1) is 12.2. The molecule has 1 aliphatic heterocycles. The molecule has 2 heteroatoms. The Labute approximate surface area is 151 Å². The highest BCUT2D eigenvalue weighted by atomic mass is 16.1. The number of Topliss-reactive ketones (excluding diaryl/α,β-unsaturated/α-hetero) is 1. The predicted molar refractivity (Wildman–Crippen MR) is 103 cm³/mol. The van der Waals surface area contributed by atoms with Gasteiger partial charge in [0.25, 0.3) is 0 Å². The topological polar surface area (TPSA) is 21.5 Å². The smallest absolute Gasteiger partial charge is 0.148 e. The second kappa shape index (κ2) is 8.44. The second-order valence-electron chi connectivity index (χ2n) is 7.37. The standard InChI is InChI=1S/C23H29NO/c1-3-4-7-16-20-22(25)17-21(18-12-8-5-9-13-18)24(2)23(20)19-14-10-6-11-15-19/h5-6,8-15,20-21,23H,3-4,7,16-17H2,1-2H3/p+1/t20-,21-,23-/m0/s1. The number of unbranched alkanes of at least 4 members (excludes halogenated alkanes) is 2. The SMILES string of the molecule is CCCCC[C@H]1C(=O)C[C@@H](c2ccccc2)[NH+](C)[C@H]1c1ccccc1. The van der Waals surface area contributed by atoms with Crippen molar-refractivity contribution in [2.45, 2.75) is 51.1 Å². The Hall–Kier alpha value is -1.93. The zero-order valence-corrected chi connectivity index (χ0v) is 15.4. The quantitative estimate of drug-likeness (QED) is 0.786. The van der Waals surface area contributed by atoms with Gasteiger partial charge in [0.2, 0.25) is 0 Å². The fraction of sp³-hybridized carbons (Fsp3) is 0.435. The molecule has 1 saturated heterocycles.